The summed E-state index contributed by atoms with van der Waals surface area (Å²) in [5, 5.41) is 3.57. The number of rotatable bonds is 3. The predicted molar refractivity (Wildman–Crippen MR) is 92.3 cm³/mol. The zero-order valence-electron chi connectivity index (χ0n) is 15.2. The number of ketones is 1. The van der Waals surface area contributed by atoms with E-state index in [2.05, 4.69) is 5.10 Å². The Morgan fingerprint density at radius 3 is 2.33 bits per heavy atom. The molecule has 27 heavy (non-hydrogen) atoms. The topological polar surface area (TPSA) is 64.4 Å². The number of aryl methyl sites for hydroxylation is 2. The van der Waals surface area contributed by atoms with Gasteiger partial charge in [0.2, 0.25) is 11.7 Å². The SMILES string of the molecule is Cc1cc(C(=O)c2cnn(C)c2OC(=O)N(C)C)c(Cl)c(C)c1C(F)(F)F. The van der Waals surface area contributed by atoms with E-state index >= 15 is 0 Å². The molecule has 146 valence electrons. The molecule has 0 spiro atoms. The van der Waals surface area contributed by atoms with E-state index in [4.69, 9.17) is 16.3 Å². The minimum absolute atomic E-state index is 0.0897. The zero-order chi connectivity index (χ0) is 20.7. The van der Waals surface area contributed by atoms with Gasteiger partial charge < -0.3 is 9.64 Å². The molecular formula is C17H17ClF3N3O3. The second-order valence-electron chi connectivity index (χ2n) is 6.13. The number of nitrogens with zero attached hydrogens (tertiary/aromatic N) is 3. The van der Waals surface area contributed by atoms with Crippen LogP contribution >= 0.6 is 11.6 Å². The molecule has 0 aliphatic carbocycles. The van der Waals surface area contributed by atoms with Gasteiger partial charge in [-0.25, -0.2) is 9.48 Å². The average Bonchev–Trinajstić information content (AvgIpc) is 2.89. The largest absolute Gasteiger partial charge is 0.416 e. The molecule has 0 atom stereocenters. The predicted octanol–water partition coefficient (Wildman–Crippen LogP) is 4.00. The Bertz CT molecular complexity index is 920. The van der Waals surface area contributed by atoms with Gasteiger partial charge in [-0.05, 0) is 31.0 Å². The number of alkyl halides is 3. The maximum Gasteiger partial charge on any atom is 0.416 e. The number of ether oxygens (including phenoxy) is 1. The second-order valence-corrected chi connectivity index (χ2v) is 6.51. The molecular weight excluding hydrogens is 387 g/mol. The van der Waals surface area contributed by atoms with Crippen LogP contribution in [0.4, 0.5) is 18.0 Å². The molecule has 0 radical (unpaired) electrons. The standard InChI is InChI=1S/C17H17ClF3N3O3/c1-8-6-10(13(18)9(2)12(8)17(19,20)21)14(25)11-7-22-24(5)15(11)27-16(26)23(3)4/h6-7H,1-5H3. The Balaban J connectivity index is 2.56. The third-order valence-corrected chi connectivity index (χ3v) is 4.39. The van der Waals surface area contributed by atoms with E-state index in [0.717, 1.165) is 11.0 Å². The van der Waals surface area contributed by atoms with Crippen molar-refractivity contribution in [2.75, 3.05) is 14.1 Å². The summed E-state index contributed by atoms with van der Waals surface area (Å²) in [6, 6.07) is 1.07. The monoisotopic (exact) mass is 403 g/mol. The Labute approximate surface area is 158 Å². The lowest BCUT2D eigenvalue weighted by atomic mass is 9.95. The first kappa shape index (κ1) is 20.8. The molecule has 0 saturated carbocycles. The van der Waals surface area contributed by atoms with Crippen molar-refractivity contribution in [3.63, 3.8) is 0 Å². The van der Waals surface area contributed by atoms with E-state index in [1.807, 2.05) is 0 Å². The van der Waals surface area contributed by atoms with Crippen LogP contribution in [0.1, 0.15) is 32.6 Å². The lowest BCUT2D eigenvalue weighted by Gasteiger charge is -2.17. The third kappa shape index (κ3) is 3.92. The van der Waals surface area contributed by atoms with Crippen molar-refractivity contribution >= 4 is 23.5 Å². The van der Waals surface area contributed by atoms with Crippen molar-refractivity contribution in [2.45, 2.75) is 20.0 Å². The van der Waals surface area contributed by atoms with Crippen molar-refractivity contribution in [3.8, 4) is 5.88 Å². The summed E-state index contributed by atoms with van der Waals surface area (Å²) in [6.45, 7) is 2.45. The van der Waals surface area contributed by atoms with Crippen LogP contribution in [0.5, 0.6) is 5.88 Å². The van der Waals surface area contributed by atoms with Crippen molar-refractivity contribution in [3.05, 3.63) is 45.1 Å². The molecule has 1 aromatic heterocycles. The molecule has 1 aromatic carbocycles. The molecule has 1 heterocycles. The molecule has 0 N–H and O–H groups in total. The summed E-state index contributed by atoms with van der Waals surface area (Å²) in [4.78, 5) is 25.9. The third-order valence-electron chi connectivity index (χ3n) is 3.90. The summed E-state index contributed by atoms with van der Waals surface area (Å²) in [6.07, 6.45) is -4.17. The Morgan fingerprint density at radius 2 is 1.81 bits per heavy atom. The van der Waals surface area contributed by atoms with Gasteiger partial charge in [0.05, 0.1) is 16.8 Å². The van der Waals surface area contributed by atoms with Crippen LogP contribution < -0.4 is 4.74 Å². The van der Waals surface area contributed by atoms with E-state index in [1.165, 1.54) is 45.9 Å². The molecule has 6 nitrogen and oxygen atoms in total. The van der Waals surface area contributed by atoms with Gasteiger partial charge in [0.1, 0.15) is 5.56 Å². The maximum absolute atomic E-state index is 13.2. The van der Waals surface area contributed by atoms with Crippen molar-refractivity contribution in [2.24, 2.45) is 7.05 Å². The van der Waals surface area contributed by atoms with Crippen LogP contribution in [-0.2, 0) is 13.2 Å². The quantitative estimate of drug-likeness (QED) is 0.727. The molecule has 0 saturated heterocycles. The molecule has 2 rings (SSSR count). The van der Waals surface area contributed by atoms with Crippen LogP contribution in [0.3, 0.4) is 0 Å². The average molecular weight is 404 g/mol. The van der Waals surface area contributed by atoms with Gasteiger partial charge in [0, 0.05) is 26.7 Å². The van der Waals surface area contributed by atoms with Gasteiger partial charge in [-0.1, -0.05) is 11.6 Å². The molecule has 0 unspecified atom stereocenters. The summed E-state index contributed by atoms with van der Waals surface area (Å²) < 4.78 is 46.0. The highest BCUT2D eigenvalue weighted by atomic mass is 35.5. The van der Waals surface area contributed by atoms with Crippen LogP contribution in [-0.4, -0.2) is 40.7 Å². The van der Waals surface area contributed by atoms with Gasteiger partial charge in [0.25, 0.3) is 0 Å². The lowest BCUT2D eigenvalue weighted by molar-refractivity contribution is -0.138. The number of amides is 1. The number of benzene rings is 1. The van der Waals surface area contributed by atoms with Gasteiger partial charge in [0.15, 0.2) is 0 Å². The van der Waals surface area contributed by atoms with Crippen molar-refractivity contribution in [1.29, 1.82) is 0 Å². The lowest BCUT2D eigenvalue weighted by Crippen LogP contribution is -2.26. The summed E-state index contributed by atoms with van der Waals surface area (Å²) in [5.74, 6) is -0.834. The van der Waals surface area contributed by atoms with E-state index in [1.54, 1.807) is 0 Å². The second kappa shape index (κ2) is 7.22. The molecule has 0 aliphatic heterocycles. The molecule has 2 aromatic rings. The molecule has 1 amide bonds. The fourth-order valence-electron chi connectivity index (χ4n) is 2.58. The number of halogens is 4. The van der Waals surface area contributed by atoms with Gasteiger partial charge in [-0.3, -0.25) is 4.79 Å². The molecule has 10 heteroatoms. The number of hydrogen-bond acceptors (Lipinski definition) is 4. The maximum atomic E-state index is 13.2. The summed E-state index contributed by atoms with van der Waals surface area (Å²) in [7, 11) is 4.37. The first-order valence-corrected chi connectivity index (χ1v) is 8.06. The molecule has 0 bridgehead atoms. The van der Waals surface area contributed by atoms with E-state index in [-0.39, 0.29) is 33.2 Å². The highest BCUT2D eigenvalue weighted by molar-refractivity contribution is 6.36. The number of aromatic nitrogens is 2. The normalized spacial score (nSPS) is 11.4. The summed E-state index contributed by atoms with van der Waals surface area (Å²) in [5.41, 5.74) is -1.48. The van der Waals surface area contributed by atoms with Crippen LogP contribution in [0.2, 0.25) is 5.02 Å². The van der Waals surface area contributed by atoms with E-state index in [0.29, 0.717) is 0 Å². The Hall–Kier alpha value is -2.55. The number of hydrogen-bond donors (Lipinski definition) is 0. The van der Waals surface area contributed by atoms with Gasteiger partial charge in [-0.15, -0.1) is 0 Å². The van der Waals surface area contributed by atoms with Crippen LogP contribution in [0.15, 0.2) is 12.3 Å². The molecule has 0 aliphatic rings. The van der Waals surface area contributed by atoms with E-state index < -0.39 is 23.6 Å². The first-order chi connectivity index (χ1) is 12.4. The van der Waals surface area contributed by atoms with Crippen molar-refractivity contribution in [1.82, 2.24) is 14.7 Å². The van der Waals surface area contributed by atoms with Gasteiger partial charge in [-0.2, -0.15) is 18.3 Å². The van der Waals surface area contributed by atoms with Crippen LogP contribution in [0, 0.1) is 13.8 Å². The summed E-state index contributed by atoms with van der Waals surface area (Å²) >= 11 is 6.07. The smallest absolute Gasteiger partial charge is 0.391 e. The van der Waals surface area contributed by atoms with Gasteiger partial charge >= 0.3 is 12.3 Å². The van der Waals surface area contributed by atoms with Crippen molar-refractivity contribution < 1.29 is 27.5 Å². The highest BCUT2D eigenvalue weighted by Crippen LogP contribution is 2.39. The molecule has 0 fully saturated rings. The minimum Gasteiger partial charge on any atom is -0.391 e. The zero-order valence-corrected chi connectivity index (χ0v) is 16.0. The Kier molecular flexibility index (Phi) is 5.55. The first-order valence-electron chi connectivity index (χ1n) is 7.69. The minimum atomic E-state index is -4.60. The fraction of sp³-hybridized carbons (Fsp3) is 0.353. The number of carbonyl (C=O) groups is 2. The highest BCUT2D eigenvalue weighted by Gasteiger charge is 2.36. The Morgan fingerprint density at radius 1 is 1.22 bits per heavy atom. The number of carbonyl (C=O) groups excluding carboxylic acids is 2. The fourth-order valence-corrected chi connectivity index (χ4v) is 2.82. The van der Waals surface area contributed by atoms with E-state index in [9.17, 15) is 22.8 Å². The van der Waals surface area contributed by atoms with Crippen LogP contribution in [0.25, 0.3) is 0 Å².